The van der Waals surface area contributed by atoms with E-state index in [1.54, 1.807) is 22.9 Å². The lowest BCUT2D eigenvalue weighted by Crippen LogP contribution is -1.95. The summed E-state index contributed by atoms with van der Waals surface area (Å²) < 4.78 is 15.3. The van der Waals surface area contributed by atoms with E-state index >= 15 is 0 Å². The number of nitrogens with one attached hydrogen (secondary N) is 1. The highest BCUT2D eigenvalue weighted by Crippen LogP contribution is 2.18. The maximum absolute atomic E-state index is 12.9. The summed E-state index contributed by atoms with van der Waals surface area (Å²) in [5.41, 5.74) is 3.48. The summed E-state index contributed by atoms with van der Waals surface area (Å²) in [6.45, 7) is 1.97. The van der Waals surface area contributed by atoms with Crippen molar-refractivity contribution in [3.8, 4) is 5.69 Å². The van der Waals surface area contributed by atoms with Gasteiger partial charge in [-0.15, -0.1) is 0 Å². The molecule has 1 aromatic carbocycles. The Morgan fingerprint density at radius 2 is 2.00 bits per heavy atom. The Morgan fingerprint density at radius 1 is 1.28 bits per heavy atom. The van der Waals surface area contributed by atoms with Crippen molar-refractivity contribution in [3.63, 3.8) is 0 Å². The smallest absolute Gasteiger partial charge is 0.183 e. The predicted molar refractivity (Wildman–Crippen MR) is 70.9 cm³/mol. The SMILES string of the molecule is Cc1cnc2c(c1)[nH]c(=S)n2-c1ccc(F)cc1. The molecule has 90 valence electrons. The zero-order valence-electron chi connectivity index (χ0n) is 9.64. The maximum atomic E-state index is 12.9. The van der Waals surface area contributed by atoms with Gasteiger partial charge in [-0.2, -0.15) is 0 Å². The Labute approximate surface area is 108 Å². The third-order valence-corrected chi connectivity index (χ3v) is 3.03. The minimum atomic E-state index is -0.270. The number of fused-ring (bicyclic) bond motifs is 1. The van der Waals surface area contributed by atoms with E-state index in [1.807, 2.05) is 13.0 Å². The summed E-state index contributed by atoms with van der Waals surface area (Å²) in [4.78, 5) is 7.47. The van der Waals surface area contributed by atoms with E-state index < -0.39 is 0 Å². The molecule has 0 saturated heterocycles. The van der Waals surface area contributed by atoms with Gasteiger partial charge in [-0.3, -0.25) is 4.57 Å². The summed E-state index contributed by atoms with van der Waals surface area (Å²) in [6.07, 6.45) is 1.78. The van der Waals surface area contributed by atoms with Crippen LogP contribution in [0.1, 0.15) is 5.56 Å². The van der Waals surface area contributed by atoms with Gasteiger partial charge in [0.15, 0.2) is 10.4 Å². The molecule has 0 bridgehead atoms. The predicted octanol–water partition coefficient (Wildman–Crippen LogP) is 3.53. The van der Waals surface area contributed by atoms with Gasteiger partial charge in [0.05, 0.1) is 11.2 Å². The Morgan fingerprint density at radius 3 is 2.72 bits per heavy atom. The Balaban J connectivity index is 2.32. The summed E-state index contributed by atoms with van der Waals surface area (Å²) >= 11 is 5.28. The Bertz CT molecular complexity index is 771. The van der Waals surface area contributed by atoms with Gasteiger partial charge in [0.1, 0.15) is 5.82 Å². The summed E-state index contributed by atoms with van der Waals surface area (Å²) in [7, 11) is 0. The maximum Gasteiger partial charge on any atom is 0.183 e. The molecule has 5 heteroatoms. The van der Waals surface area contributed by atoms with Crippen molar-refractivity contribution in [3.05, 3.63) is 52.7 Å². The molecule has 2 aromatic heterocycles. The second-order valence-corrected chi connectivity index (χ2v) is 4.51. The van der Waals surface area contributed by atoms with Crippen molar-refractivity contribution in [2.24, 2.45) is 0 Å². The Kier molecular flexibility index (Phi) is 2.48. The number of pyridine rings is 1. The van der Waals surface area contributed by atoms with Crippen molar-refractivity contribution >= 4 is 23.4 Å². The number of aromatic nitrogens is 3. The fourth-order valence-electron chi connectivity index (χ4n) is 1.93. The van der Waals surface area contributed by atoms with Gasteiger partial charge in [0, 0.05) is 6.20 Å². The van der Waals surface area contributed by atoms with E-state index in [1.165, 1.54) is 12.1 Å². The molecule has 0 aliphatic heterocycles. The van der Waals surface area contributed by atoms with Gasteiger partial charge >= 0.3 is 0 Å². The van der Waals surface area contributed by atoms with Crippen molar-refractivity contribution < 1.29 is 4.39 Å². The molecule has 2 heterocycles. The number of hydrogen-bond acceptors (Lipinski definition) is 2. The molecule has 0 aliphatic carbocycles. The highest BCUT2D eigenvalue weighted by Gasteiger charge is 2.07. The lowest BCUT2D eigenvalue weighted by atomic mass is 10.3. The molecular formula is C13H10FN3S. The molecule has 3 rings (SSSR count). The molecule has 0 radical (unpaired) electrons. The van der Waals surface area contributed by atoms with Gasteiger partial charge in [0.25, 0.3) is 0 Å². The first-order valence-electron chi connectivity index (χ1n) is 5.48. The van der Waals surface area contributed by atoms with Gasteiger partial charge in [-0.25, -0.2) is 9.37 Å². The second kappa shape index (κ2) is 4.03. The van der Waals surface area contributed by atoms with Crippen LogP contribution in [-0.2, 0) is 0 Å². The minimum absolute atomic E-state index is 0.270. The first kappa shape index (κ1) is 11.1. The standard InChI is InChI=1S/C13H10FN3S/c1-8-6-11-12(15-7-8)17(13(18)16-11)10-4-2-9(14)3-5-10/h2-7H,1H3,(H,16,18). The van der Waals surface area contributed by atoms with Gasteiger partial charge < -0.3 is 4.98 Å². The highest BCUT2D eigenvalue weighted by molar-refractivity contribution is 7.71. The molecule has 1 N–H and O–H groups in total. The van der Waals surface area contributed by atoms with E-state index in [4.69, 9.17) is 12.2 Å². The fraction of sp³-hybridized carbons (Fsp3) is 0.0769. The summed E-state index contributed by atoms with van der Waals surface area (Å²) in [5, 5.41) is 0. The first-order valence-corrected chi connectivity index (χ1v) is 5.89. The van der Waals surface area contributed by atoms with Crippen LogP contribution in [0, 0.1) is 17.5 Å². The van der Waals surface area contributed by atoms with Crippen LogP contribution in [0.5, 0.6) is 0 Å². The number of rotatable bonds is 1. The third kappa shape index (κ3) is 1.73. The number of halogens is 1. The third-order valence-electron chi connectivity index (χ3n) is 2.74. The molecule has 3 nitrogen and oxygen atoms in total. The van der Waals surface area contributed by atoms with E-state index in [0.717, 1.165) is 22.4 Å². The van der Waals surface area contributed by atoms with Crippen LogP contribution < -0.4 is 0 Å². The molecule has 0 amide bonds. The van der Waals surface area contributed by atoms with Crippen molar-refractivity contribution in [2.45, 2.75) is 6.92 Å². The van der Waals surface area contributed by atoms with Crippen LogP contribution in [0.4, 0.5) is 4.39 Å². The molecule has 0 unspecified atom stereocenters. The van der Waals surface area contributed by atoms with Gasteiger partial charge in [-0.05, 0) is 55.0 Å². The molecule has 0 saturated carbocycles. The number of nitrogens with zero attached hydrogens (tertiary/aromatic N) is 2. The number of imidazole rings is 1. The topological polar surface area (TPSA) is 33.6 Å². The summed E-state index contributed by atoms with van der Waals surface area (Å²) in [6, 6.07) is 8.16. The zero-order valence-corrected chi connectivity index (χ0v) is 10.5. The number of aromatic amines is 1. The number of benzene rings is 1. The minimum Gasteiger partial charge on any atom is -0.329 e. The molecule has 0 aliphatic rings. The zero-order chi connectivity index (χ0) is 12.7. The average molecular weight is 259 g/mol. The van der Waals surface area contributed by atoms with Crippen molar-refractivity contribution in [2.75, 3.05) is 0 Å². The van der Waals surface area contributed by atoms with Crippen LogP contribution in [0.15, 0.2) is 36.5 Å². The lowest BCUT2D eigenvalue weighted by molar-refractivity contribution is 0.627. The van der Waals surface area contributed by atoms with Crippen LogP contribution in [0.25, 0.3) is 16.9 Å². The van der Waals surface area contributed by atoms with Crippen LogP contribution in [-0.4, -0.2) is 14.5 Å². The van der Waals surface area contributed by atoms with Gasteiger partial charge in [0.2, 0.25) is 0 Å². The van der Waals surface area contributed by atoms with Crippen LogP contribution in [0.3, 0.4) is 0 Å². The first-order chi connectivity index (χ1) is 8.65. The summed E-state index contributed by atoms with van der Waals surface area (Å²) in [5.74, 6) is -0.270. The highest BCUT2D eigenvalue weighted by atomic mass is 32.1. The van der Waals surface area contributed by atoms with Crippen LogP contribution >= 0.6 is 12.2 Å². The normalized spacial score (nSPS) is 11.0. The Hall–Kier alpha value is -2.01. The second-order valence-electron chi connectivity index (χ2n) is 4.13. The number of hydrogen-bond donors (Lipinski definition) is 1. The molecule has 3 aromatic rings. The van der Waals surface area contributed by atoms with Crippen molar-refractivity contribution in [1.29, 1.82) is 0 Å². The molecule has 18 heavy (non-hydrogen) atoms. The van der Waals surface area contributed by atoms with E-state index in [-0.39, 0.29) is 5.82 Å². The van der Waals surface area contributed by atoms with E-state index in [9.17, 15) is 4.39 Å². The molecule has 0 atom stereocenters. The lowest BCUT2D eigenvalue weighted by Gasteiger charge is -2.03. The molecular weight excluding hydrogens is 249 g/mol. The monoisotopic (exact) mass is 259 g/mol. The van der Waals surface area contributed by atoms with Gasteiger partial charge in [-0.1, -0.05) is 0 Å². The van der Waals surface area contributed by atoms with Crippen LogP contribution in [0.2, 0.25) is 0 Å². The average Bonchev–Trinajstić information content (AvgIpc) is 2.65. The van der Waals surface area contributed by atoms with E-state index in [2.05, 4.69) is 9.97 Å². The fourth-order valence-corrected chi connectivity index (χ4v) is 2.23. The van der Waals surface area contributed by atoms with Crippen molar-refractivity contribution in [1.82, 2.24) is 14.5 Å². The number of H-pyrrole nitrogens is 1. The molecule has 0 spiro atoms. The van der Waals surface area contributed by atoms with E-state index in [0.29, 0.717) is 4.77 Å². The largest absolute Gasteiger partial charge is 0.329 e. The number of aryl methyl sites for hydroxylation is 1. The molecule has 0 fully saturated rings. The quantitative estimate of drug-likeness (QED) is 0.678.